The Morgan fingerprint density at radius 2 is 2.21 bits per heavy atom. The predicted molar refractivity (Wildman–Crippen MR) is 77.4 cm³/mol. The van der Waals surface area contributed by atoms with Gasteiger partial charge >= 0.3 is 0 Å². The van der Waals surface area contributed by atoms with Crippen molar-refractivity contribution in [2.24, 2.45) is 5.92 Å². The molecule has 1 heterocycles. The van der Waals surface area contributed by atoms with Crippen molar-refractivity contribution in [3.63, 3.8) is 0 Å². The highest BCUT2D eigenvalue weighted by Gasteiger charge is 2.21. The molecule has 0 saturated heterocycles. The number of fused-ring (bicyclic) bond motifs is 1. The number of hydrogen-bond donors (Lipinski definition) is 2. The summed E-state index contributed by atoms with van der Waals surface area (Å²) in [4.78, 5) is 19.2. The number of nitrogens with one attached hydrogen (secondary N) is 2. The number of benzene rings is 1. The maximum absolute atomic E-state index is 11.9. The summed E-state index contributed by atoms with van der Waals surface area (Å²) in [5.41, 5.74) is 0.658. The molecule has 4 nitrogen and oxygen atoms in total. The molecule has 1 aliphatic rings. The van der Waals surface area contributed by atoms with Crippen LogP contribution in [0.4, 0.5) is 5.95 Å². The molecule has 0 radical (unpaired) electrons. The van der Waals surface area contributed by atoms with E-state index >= 15 is 0 Å². The van der Waals surface area contributed by atoms with Crippen LogP contribution < -0.4 is 10.9 Å². The van der Waals surface area contributed by atoms with Crippen molar-refractivity contribution < 1.29 is 0 Å². The van der Waals surface area contributed by atoms with Crippen molar-refractivity contribution in [3.05, 3.63) is 34.6 Å². The van der Waals surface area contributed by atoms with Crippen molar-refractivity contribution in [1.29, 1.82) is 0 Å². The first-order valence-electron chi connectivity index (χ1n) is 6.98. The summed E-state index contributed by atoms with van der Waals surface area (Å²) in [6.07, 6.45) is 5.17. The lowest BCUT2D eigenvalue weighted by Gasteiger charge is -2.14. The minimum absolute atomic E-state index is 0.0810. The Labute approximate surface area is 112 Å². The van der Waals surface area contributed by atoms with Gasteiger partial charge in [-0.1, -0.05) is 25.0 Å². The van der Waals surface area contributed by atoms with E-state index in [2.05, 4.69) is 22.2 Å². The first kappa shape index (κ1) is 12.2. The lowest BCUT2D eigenvalue weighted by atomic mass is 10.1. The number of hydrogen-bond acceptors (Lipinski definition) is 3. The topological polar surface area (TPSA) is 57.8 Å². The molecule has 1 saturated carbocycles. The van der Waals surface area contributed by atoms with Gasteiger partial charge < -0.3 is 5.32 Å². The van der Waals surface area contributed by atoms with E-state index in [1.54, 1.807) is 6.07 Å². The standard InChI is InChI=1S/C15H19N3O/c1-10(6-7-11-8-9-11)16-15-17-13-5-3-2-4-12(13)14(19)18-15/h2-5,10-11H,6-9H2,1H3,(H2,16,17,18,19). The smallest absolute Gasteiger partial charge is 0.260 e. The lowest BCUT2D eigenvalue weighted by Crippen LogP contribution is -2.20. The molecule has 4 heteroatoms. The first-order chi connectivity index (χ1) is 9.22. The summed E-state index contributed by atoms with van der Waals surface area (Å²) in [7, 11) is 0. The van der Waals surface area contributed by atoms with Gasteiger partial charge in [-0.2, -0.15) is 0 Å². The number of H-pyrrole nitrogens is 1. The number of rotatable bonds is 5. The zero-order valence-electron chi connectivity index (χ0n) is 11.1. The number of aromatic amines is 1. The van der Waals surface area contributed by atoms with Crippen molar-refractivity contribution >= 4 is 16.9 Å². The predicted octanol–water partition coefficient (Wildman–Crippen LogP) is 2.91. The maximum Gasteiger partial charge on any atom is 0.260 e. The van der Waals surface area contributed by atoms with Gasteiger partial charge in [0, 0.05) is 6.04 Å². The molecule has 2 aromatic rings. The second kappa shape index (κ2) is 5.03. The molecule has 0 amide bonds. The van der Waals surface area contributed by atoms with Gasteiger partial charge in [0.15, 0.2) is 0 Å². The molecule has 1 fully saturated rings. The van der Waals surface area contributed by atoms with Crippen molar-refractivity contribution in [1.82, 2.24) is 9.97 Å². The molecule has 0 spiro atoms. The third kappa shape index (κ3) is 2.95. The summed E-state index contributed by atoms with van der Waals surface area (Å²) in [5, 5.41) is 3.93. The SMILES string of the molecule is CC(CCC1CC1)Nc1nc2ccccc2c(=O)[nH]1. The summed E-state index contributed by atoms with van der Waals surface area (Å²) in [6.45, 7) is 2.14. The van der Waals surface area contributed by atoms with Gasteiger partial charge in [0.25, 0.3) is 5.56 Å². The Bertz CT molecular complexity index is 631. The molecule has 1 aromatic carbocycles. The molecule has 19 heavy (non-hydrogen) atoms. The highest BCUT2D eigenvalue weighted by molar-refractivity contribution is 5.78. The third-order valence-electron chi connectivity index (χ3n) is 3.70. The summed E-state index contributed by atoms with van der Waals surface area (Å²) in [5.74, 6) is 1.51. The van der Waals surface area contributed by atoms with Gasteiger partial charge in [-0.15, -0.1) is 0 Å². The van der Waals surface area contributed by atoms with Gasteiger partial charge in [-0.25, -0.2) is 4.98 Å². The Balaban J connectivity index is 1.74. The summed E-state index contributed by atoms with van der Waals surface area (Å²) >= 11 is 0. The van der Waals surface area contributed by atoms with Crippen LogP contribution in [0.5, 0.6) is 0 Å². The molecule has 1 aromatic heterocycles. The number of nitrogens with zero attached hydrogens (tertiary/aromatic N) is 1. The van der Waals surface area contributed by atoms with Crippen molar-refractivity contribution in [3.8, 4) is 0 Å². The van der Waals surface area contributed by atoms with Gasteiger partial charge in [0.1, 0.15) is 0 Å². The molecule has 1 aliphatic carbocycles. The number of anilines is 1. The van der Waals surface area contributed by atoms with Crippen LogP contribution in [0.15, 0.2) is 29.1 Å². The molecule has 2 N–H and O–H groups in total. The molecule has 0 bridgehead atoms. The van der Waals surface area contributed by atoms with E-state index in [0.717, 1.165) is 17.9 Å². The van der Waals surface area contributed by atoms with Crippen LogP contribution in [0.2, 0.25) is 0 Å². The average Bonchev–Trinajstić information content (AvgIpc) is 3.20. The Hall–Kier alpha value is -1.84. The fourth-order valence-electron chi connectivity index (χ4n) is 2.35. The lowest BCUT2D eigenvalue weighted by molar-refractivity contribution is 0.607. The quantitative estimate of drug-likeness (QED) is 0.866. The Kier molecular flexibility index (Phi) is 3.23. The van der Waals surface area contributed by atoms with Crippen molar-refractivity contribution in [2.45, 2.75) is 38.6 Å². The van der Waals surface area contributed by atoms with E-state index in [1.807, 2.05) is 18.2 Å². The van der Waals surface area contributed by atoms with E-state index in [9.17, 15) is 4.79 Å². The normalized spacial score (nSPS) is 16.5. The highest BCUT2D eigenvalue weighted by atomic mass is 16.1. The molecule has 1 unspecified atom stereocenters. The van der Waals surface area contributed by atoms with E-state index in [0.29, 0.717) is 17.4 Å². The van der Waals surface area contributed by atoms with E-state index in [1.165, 1.54) is 19.3 Å². The Morgan fingerprint density at radius 1 is 1.42 bits per heavy atom. The van der Waals surface area contributed by atoms with Crippen LogP contribution in [0.1, 0.15) is 32.6 Å². The van der Waals surface area contributed by atoms with E-state index < -0.39 is 0 Å². The van der Waals surface area contributed by atoms with Gasteiger partial charge in [0.2, 0.25) is 5.95 Å². The number of aromatic nitrogens is 2. The first-order valence-corrected chi connectivity index (χ1v) is 6.98. The minimum Gasteiger partial charge on any atom is -0.353 e. The molecule has 1 atom stereocenters. The second-order valence-electron chi connectivity index (χ2n) is 5.50. The summed E-state index contributed by atoms with van der Waals surface area (Å²) in [6, 6.07) is 7.75. The zero-order valence-corrected chi connectivity index (χ0v) is 11.1. The van der Waals surface area contributed by atoms with Crippen LogP contribution in [-0.2, 0) is 0 Å². The van der Waals surface area contributed by atoms with Gasteiger partial charge in [-0.3, -0.25) is 9.78 Å². The second-order valence-corrected chi connectivity index (χ2v) is 5.50. The van der Waals surface area contributed by atoms with E-state index in [4.69, 9.17) is 0 Å². The molecule has 3 rings (SSSR count). The monoisotopic (exact) mass is 257 g/mol. The van der Waals surface area contributed by atoms with Crippen LogP contribution >= 0.6 is 0 Å². The number of para-hydroxylation sites is 1. The van der Waals surface area contributed by atoms with Crippen molar-refractivity contribution in [2.75, 3.05) is 5.32 Å². The van der Waals surface area contributed by atoms with Crippen LogP contribution in [0.3, 0.4) is 0 Å². The van der Waals surface area contributed by atoms with Crippen LogP contribution in [0, 0.1) is 5.92 Å². The fourth-order valence-corrected chi connectivity index (χ4v) is 2.35. The average molecular weight is 257 g/mol. The fraction of sp³-hybridized carbons (Fsp3) is 0.467. The highest BCUT2D eigenvalue weighted by Crippen LogP contribution is 2.34. The van der Waals surface area contributed by atoms with Crippen LogP contribution in [0.25, 0.3) is 10.9 Å². The summed E-state index contributed by atoms with van der Waals surface area (Å²) < 4.78 is 0. The molecular weight excluding hydrogens is 238 g/mol. The zero-order chi connectivity index (χ0) is 13.2. The van der Waals surface area contributed by atoms with Gasteiger partial charge in [0.05, 0.1) is 10.9 Å². The molecular formula is C15H19N3O. The van der Waals surface area contributed by atoms with Gasteiger partial charge in [-0.05, 0) is 37.8 Å². The largest absolute Gasteiger partial charge is 0.353 e. The minimum atomic E-state index is -0.0810. The third-order valence-corrected chi connectivity index (χ3v) is 3.70. The van der Waals surface area contributed by atoms with Crippen LogP contribution in [-0.4, -0.2) is 16.0 Å². The molecule has 0 aliphatic heterocycles. The Morgan fingerprint density at radius 3 is 3.00 bits per heavy atom. The molecule has 100 valence electrons. The maximum atomic E-state index is 11.9. The van der Waals surface area contributed by atoms with E-state index in [-0.39, 0.29) is 5.56 Å².